The van der Waals surface area contributed by atoms with Crippen molar-refractivity contribution < 1.29 is 17.9 Å². The zero-order valence-corrected chi connectivity index (χ0v) is 12.5. The van der Waals surface area contributed by atoms with E-state index in [1.54, 1.807) is 7.11 Å². The molecule has 1 rings (SSSR count). The van der Waals surface area contributed by atoms with E-state index in [9.17, 15) is 13.2 Å². The van der Waals surface area contributed by atoms with Crippen LogP contribution in [0.3, 0.4) is 0 Å². The van der Waals surface area contributed by atoms with Crippen molar-refractivity contribution in [3.05, 3.63) is 28.7 Å². The molecule has 1 aromatic rings. The van der Waals surface area contributed by atoms with Crippen LogP contribution >= 0.6 is 0 Å². The van der Waals surface area contributed by atoms with Gasteiger partial charge in [0.05, 0.1) is 6.61 Å². The first-order valence-electron chi connectivity index (χ1n) is 6.19. The summed E-state index contributed by atoms with van der Waals surface area (Å²) in [5.41, 5.74) is -0.530. The number of hydrogen-bond donors (Lipinski definition) is 1. The quantitative estimate of drug-likeness (QED) is 0.651. The van der Waals surface area contributed by atoms with E-state index in [0.29, 0.717) is 13.0 Å². The molecule has 8 heteroatoms. The summed E-state index contributed by atoms with van der Waals surface area (Å²) in [6, 6.07) is 1.19. The molecule has 0 aliphatic heterocycles. The molecule has 114 valence electrons. The number of hydrogen-bond acceptors (Lipinski definition) is 5. The standard InChI is InChI=1S/C12H20N2O5S/c1-18-8-3-6-14(7-9-19-2)20(16,17)12-10-13-5-4-11(12)15/h4-5,10H,3,6-9H2,1-2H3,(H,13,15). The Labute approximate surface area is 118 Å². The van der Waals surface area contributed by atoms with Crippen LogP contribution in [0.25, 0.3) is 0 Å². The lowest BCUT2D eigenvalue weighted by Crippen LogP contribution is -2.37. The first-order chi connectivity index (χ1) is 9.54. The Bertz CT molecular complexity index is 555. The number of aromatic nitrogens is 1. The van der Waals surface area contributed by atoms with Gasteiger partial charge < -0.3 is 14.5 Å². The van der Waals surface area contributed by atoms with Crippen molar-refractivity contribution in [2.75, 3.05) is 40.5 Å². The van der Waals surface area contributed by atoms with Gasteiger partial charge in [-0.15, -0.1) is 0 Å². The lowest BCUT2D eigenvalue weighted by Gasteiger charge is -2.21. The van der Waals surface area contributed by atoms with E-state index in [-0.39, 0.29) is 24.6 Å². The minimum Gasteiger partial charge on any atom is -0.385 e. The van der Waals surface area contributed by atoms with Gasteiger partial charge in [-0.3, -0.25) is 4.79 Å². The number of rotatable bonds is 9. The van der Waals surface area contributed by atoms with E-state index in [1.165, 1.54) is 29.9 Å². The third kappa shape index (κ3) is 4.41. The molecule has 1 aromatic heterocycles. The van der Waals surface area contributed by atoms with E-state index < -0.39 is 15.5 Å². The van der Waals surface area contributed by atoms with Crippen molar-refractivity contribution in [3.63, 3.8) is 0 Å². The van der Waals surface area contributed by atoms with Crippen molar-refractivity contribution in [3.8, 4) is 0 Å². The molecule has 7 nitrogen and oxygen atoms in total. The number of sulfonamides is 1. The van der Waals surface area contributed by atoms with Crippen LogP contribution in [-0.4, -0.2) is 58.2 Å². The molecule has 0 amide bonds. The van der Waals surface area contributed by atoms with Gasteiger partial charge in [0, 0.05) is 52.4 Å². The van der Waals surface area contributed by atoms with Crippen molar-refractivity contribution in [2.45, 2.75) is 11.3 Å². The van der Waals surface area contributed by atoms with Gasteiger partial charge in [-0.05, 0) is 6.42 Å². The van der Waals surface area contributed by atoms with Crippen LogP contribution in [0.4, 0.5) is 0 Å². The summed E-state index contributed by atoms with van der Waals surface area (Å²) in [5.74, 6) is 0. The number of methoxy groups -OCH3 is 2. The Balaban J connectivity index is 2.98. The second kappa shape index (κ2) is 8.15. The molecule has 0 radical (unpaired) electrons. The molecular formula is C12H20N2O5S. The number of aromatic amines is 1. The highest BCUT2D eigenvalue weighted by Crippen LogP contribution is 2.11. The van der Waals surface area contributed by atoms with E-state index in [1.807, 2.05) is 0 Å². The predicted octanol–water partition coefficient (Wildman–Crippen LogP) is 0.0485. The smallest absolute Gasteiger partial charge is 0.248 e. The molecule has 0 unspecified atom stereocenters. The summed E-state index contributed by atoms with van der Waals surface area (Å²) in [6.07, 6.45) is 3.14. The van der Waals surface area contributed by atoms with Gasteiger partial charge >= 0.3 is 0 Å². The topological polar surface area (TPSA) is 88.7 Å². The summed E-state index contributed by atoms with van der Waals surface area (Å²) in [6.45, 7) is 1.17. The Hall–Kier alpha value is -1.22. The SMILES string of the molecule is COCCCN(CCOC)S(=O)(=O)c1c[nH]ccc1=O. The number of nitrogens with one attached hydrogen (secondary N) is 1. The van der Waals surface area contributed by atoms with E-state index >= 15 is 0 Å². The third-order valence-corrected chi connectivity index (χ3v) is 4.63. The predicted molar refractivity (Wildman–Crippen MR) is 74.2 cm³/mol. The van der Waals surface area contributed by atoms with E-state index in [4.69, 9.17) is 9.47 Å². The largest absolute Gasteiger partial charge is 0.385 e. The molecule has 0 spiro atoms. The molecule has 0 saturated heterocycles. The monoisotopic (exact) mass is 304 g/mol. The fraction of sp³-hybridized carbons (Fsp3) is 0.583. The molecule has 0 aliphatic carbocycles. The number of ether oxygens (including phenoxy) is 2. The summed E-state index contributed by atoms with van der Waals surface area (Å²) < 4.78 is 36.0. The Kier molecular flexibility index (Phi) is 6.86. The van der Waals surface area contributed by atoms with Gasteiger partial charge in [-0.25, -0.2) is 8.42 Å². The maximum Gasteiger partial charge on any atom is 0.248 e. The molecule has 1 N–H and O–H groups in total. The molecule has 0 bridgehead atoms. The van der Waals surface area contributed by atoms with Gasteiger partial charge in [0.15, 0.2) is 0 Å². The first kappa shape index (κ1) is 16.8. The molecule has 0 aliphatic rings. The average Bonchev–Trinajstić information content (AvgIpc) is 2.42. The fourth-order valence-corrected chi connectivity index (χ4v) is 3.17. The van der Waals surface area contributed by atoms with Gasteiger partial charge in [0.1, 0.15) is 4.90 Å². The first-order valence-corrected chi connectivity index (χ1v) is 7.63. The van der Waals surface area contributed by atoms with Crippen molar-refractivity contribution in [1.29, 1.82) is 0 Å². The van der Waals surface area contributed by atoms with Crippen molar-refractivity contribution >= 4 is 10.0 Å². The molecule has 0 atom stereocenters. The van der Waals surface area contributed by atoms with E-state index in [0.717, 1.165) is 0 Å². The summed E-state index contributed by atoms with van der Waals surface area (Å²) in [5, 5.41) is 0. The minimum atomic E-state index is -3.83. The van der Waals surface area contributed by atoms with Crippen LogP contribution in [0.2, 0.25) is 0 Å². The zero-order valence-electron chi connectivity index (χ0n) is 11.7. The number of pyridine rings is 1. The van der Waals surface area contributed by atoms with Crippen LogP contribution in [0.5, 0.6) is 0 Å². The molecular weight excluding hydrogens is 284 g/mol. The minimum absolute atomic E-state index is 0.191. The van der Waals surface area contributed by atoms with Crippen LogP contribution in [0.15, 0.2) is 28.2 Å². The lowest BCUT2D eigenvalue weighted by molar-refractivity contribution is 0.164. The van der Waals surface area contributed by atoms with Crippen molar-refractivity contribution in [1.82, 2.24) is 9.29 Å². The third-order valence-electron chi connectivity index (χ3n) is 2.71. The maximum absolute atomic E-state index is 12.5. The Morgan fingerprint density at radius 2 is 1.90 bits per heavy atom. The molecule has 0 aromatic carbocycles. The highest BCUT2D eigenvalue weighted by atomic mass is 32.2. The lowest BCUT2D eigenvalue weighted by atomic mass is 10.4. The zero-order chi connectivity index (χ0) is 15.0. The summed E-state index contributed by atoms with van der Waals surface area (Å²) in [4.78, 5) is 14.1. The summed E-state index contributed by atoms with van der Waals surface area (Å²) in [7, 11) is -0.784. The molecule has 0 saturated carbocycles. The van der Waals surface area contributed by atoms with Crippen molar-refractivity contribution in [2.24, 2.45) is 0 Å². The van der Waals surface area contributed by atoms with Gasteiger partial charge in [-0.1, -0.05) is 0 Å². The fourth-order valence-electron chi connectivity index (χ4n) is 1.67. The maximum atomic E-state index is 12.5. The molecule has 1 heterocycles. The van der Waals surface area contributed by atoms with Gasteiger partial charge in [0.25, 0.3) is 0 Å². The van der Waals surface area contributed by atoms with Gasteiger partial charge in [-0.2, -0.15) is 4.31 Å². The van der Waals surface area contributed by atoms with Crippen LogP contribution in [-0.2, 0) is 19.5 Å². The summed E-state index contributed by atoms with van der Waals surface area (Å²) >= 11 is 0. The van der Waals surface area contributed by atoms with Crippen LogP contribution in [0, 0.1) is 0 Å². The second-order valence-corrected chi connectivity index (χ2v) is 6.02. The highest BCUT2D eigenvalue weighted by molar-refractivity contribution is 7.89. The molecule has 20 heavy (non-hydrogen) atoms. The number of nitrogens with zero attached hydrogens (tertiary/aromatic N) is 1. The normalized spacial score (nSPS) is 11.9. The highest BCUT2D eigenvalue weighted by Gasteiger charge is 2.26. The van der Waals surface area contributed by atoms with E-state index in [2.05, 4.69) is 4.98 Å². The van der Waals surface area contributed by atoms with Gasteiger partial charge in [0.2, 0.25) is 15.5 Å². The van der Waals surface area contributed by atoms with Crippen LogP contribution < -0.4 is 5.43 Å². The number of H-pyrrole nitrogens is 1. The molecule has 0 fully saturated rings. The Morgan fingerprint density at radius 1 is 1.20 bits per heavy atom. The average molecular weight is 304 g/mol. The Morgan fingerprint density at radius 3 is 2.50 bits per heavy atom. The second-order valence-electron chi connectivity index (χ2n) is 4.12. The van der Waals surface area contributed by atoms with Crippen LogP contribution in [0.1, 0.15) is 6.42 Å².